The van der Waals surface area contributed by atoms with Gasteiger partial charge in [-0.05, 0) is 24.3 Å². The van der Waals surface area contributed by atoms with Gasteiger partial charge in [-0.1, -0.05) is 25.3 Å². The van der Waals surface area contributed by atoms with Crippen LogP contribution in [0.2, 0.25) is 0 Å². The number of aromatic nitrogens is 2. The zero-order valence-electron chi connectivity index (χ0n) is 10.7. The maximum atomic E-state index is 12.1. The van der Waals surface area contributed by atoms with Crippen molar-refractivity contribution < 1.29 is 4.79 Å². The molecule has 1 fully saturated rings. The minimum Gasteiger partial charge on any atom is -0.306 e. The van der Waals surface area contributed by atoms with Crippen molar-refractivity contribution in [2.24, 2.45) is 0 Å². The van der Waals surface area contributed by atoms with Crippen LogP contribution in [0.3, 0.4) is 0 Å². The molecule has 1 saturated carbocycles. The van der Waals surface area contributed by atoms with Crippen LogP contribution in [-0.2, 0) is 0 Å². The molecule has 0 aromatic carbocycles. The SMILES string of the molecule is O=C(Nc1ccnn1C1CCCCC1)c1cccs1. The molecular weight excluding hydrogens is 258 g/mol. The highest BCUT2D eigenvalue weighted by molar-refractivity contribution is 7.12. The van der Waals surface area contributed by atoms with Crippen molar-refractivity contribution in [3.63, 3.8) is 0 Å². The summed E-state index contributed by atoms with van der Waals surface area (Å²) in [6, 6.07) is 6.03. The second-order valence-corrected chi connectivity index (χ2v) is 5.83. The molecule has 1 aliphatic carbocycles. The number of thiophene rings is 1. The summed E-state index contributed by atoms with van der Waals surface area (Å²) in [5.41, 5.74) is 0. The normalized spacial score (nSPS) is 16.4. The lowest BCUT2D eigenvalue weighted by Crippen LogP contribution is -2.19. The molecule has 0 spiro atoms. The number of hydrogen-bond acceptors (Lipinski definition) is 3. The Labute approximate surface area is 116 Å². The Morgan fingerprint density at radius 3 is 2.89 bits per heavy atom. The summed E-state index contributed by atoms with van der Waals surface area (Å²) in [5.74, 6) is 0.762. The van der Waals surface area contributed by atoms with Gasteiger partial charge in [0.2, 0.25) is 0 Å². The number of hydrogen-bond donors (Lipinski definition) is 1. The Kier molecular flexibility index (Phi) is 3.64. The van der Waals surface area contributed by atoms with E-state index in [1.807, 2.05) is 28.3 Å². The third kappa shape index (κ3) is 2.71. The molecule has 2 aromatic rings. The highest BCUT2D eigenvalue weighted by Gasteiger charge is 2.19. The first-order valence-electron chi connectivity index (χ1n) is 6.73. The Hall–Kier alpha value is -1.62. The lowest BCUT2D eigenvalue weighted by atomic mass is 9.96. The van der Waals surface area contributed by atoms with Crippen LogP contribution in [-0.4, -0.2) is 15.7 Å². The summed E-state index contributed by atoms with van der Waals surface area (Å²) in [6.07, 6.45) is 7.89. The number of rotatable bonds is 3. The molecular formula is C14H17N3OS. The maximum absolute atomic E-state index is 12.1. The molecule has 0 bridgehead atoms. The van der Waals surface area contributed by atoms with E-state index in [2.05, 4.69) is 10.4 Å². The smallest absolute Gasteiger partial charge is 0.266 e. The molecule has 0 aliphatic heterocycles. The van der Waals surface area contributed by atoms with Crippen molar-refractivity contribution in [1.82, 2.24) is 9.78 Å². The summed E-state index contributed by atoms with van der Waals surface area (Å²) >= 11 is 1.45. The molecule has 100 valence electrons. The van der Waals surface area contributed by atoms with Crippen molar-refractivity contribution in [1.29, 1.82) is 0 Å². The van der Waals surface area contributed by atoms with Gasteiger partial charge in [0.05, 0.1) is 17.1 Å². The van der Waals surface area contributed by atoms with E-state index in [1.54, 1.807) is 6.20 Å². The molecule has 2 heterocycles. The fourth-order valence-electron chi connectivity index (χ4n) is 2.62. The molecule has 5 heteroatoms. The highest BCUT2D eigenvalue weighted by atomic mass is 32.1. The van der Waals surface area contributed by atoms with Gasteiger partial charge >= 0.3 is 0 Å². The third-order valence-electron chi connectivity index (χ3n) is 3.58. The first-order valence-corrected chi connectivity index (χ1v) is 7.61. The van der Waals surface area contributed by atoms with Crippen LogP contribution < -0.4 is 5.32 Å². The van der Waals surface area contributed by atoms with Gasteiger partial charge in [-0.15, -0.1) is 11.3 Å². The van der Waals surface area contributed by atoms with Gasteiger partial charge in [-0.2, -0.15) is 5.10 Å². The van der Waals surface area contributed by atoms with E-state index in [-0.39, 0.29) is 5.91 Å². The number of anilines is 1. The number of amides is 1. The molecule has 1 aliphatic rings. The predicted molar refractivity (Wildman–Crippen MR) is 76.6 cm³/mol. The van der Waals surface area contributed by atoms with Crippen LogP contribution in [0.25, 0.3) is 0 Å². The Morgan fingerprint density at radius 1 is 1.32 bits per heavy atom. The van der Waals surface area contributed by atoms with Gasteiger partial charge in [0.25, 0.3) is 5.91 Å². The summed E-state index contributed by atoms with van der Waals surface area (Å²) < 4.78 is 1.98. The Bertz CT molecular complexity index is 541. The van der Waals surface area contributed by atoms with Gasteiger partial charge in [0.1, 0.15) is 5.82 Å². The van der Waals surface area contributed by atoms with Crippen LogP contribution in [0.4, 0.5) is 5.82 Å². The van der Waals surface area contributed by atoms with Crippen LogP contribution in [0.15, 0.2) is 29.8 Å². The molecule has 0 unspecified atom stereocenters. The first kappa shape index (κ1) is 12.4. The zero-order valence-corrected chi connectivity index (χ0v) is 11.5. The minimum atomic E-state index is -0.0486. The average molecular weight is 275 g/mol. The average Bonchev–Trinajstić information content (AvgIpc) is 3.11. The van der Waals surface area contributed by atoms with Crippen molar-refractivity contribution in [2.45, 2.75) is 38.1 Å². The third-order valence-corrected chi connectivity index (χ3v) is 4.45. The quantitative estimate of drug-likeness (QED) is 0.928. The highest BCUT2D eigenvalue weighted by Crippen LogP contribution is 2.30. The zero-order chi connectivity index (χ0) is 13.1. The summed E-state index contributed by atoms with van der Waals surface area (Å²) in [6.45, 7) is 0. The minimum absolute atomic E-state index is 0.0486. The molecule has 4 nitrogen and oxygen atoms in total. The van der Waals surface area contributed by atoms with Crippen LogP contribution in [0, 0.1) is 0 Å². The van der Waals surface area contributed by atoms with Crippen LogP contribution in [0.5, 0.6) is 0 Å². The van der Waals surface area contributed by atoms with Crippen LogP contribution >= 0.6 is 11.3 Å². The Balaban J connectivity index is 1.74. The summed E-state index contributed by atoms with van der Waals surface area (Å²) in [5, 5.41) is 9.25. The van der Waals surface area contributed by atoms with Gasteiger partial charge in [0, 0.05) is 6.07 Å². The van der Waals surface area contributed by atoms with Crippen LogP contribution in [0.1, 0.15) is 47.8 Å². The number of carbonyl (C=O) groups excluding carboxylic acids is 1. The van der Waals surface area contributed by atoms with Gasteiger partial charge in [0.15, 0.2) is 0 Å². The van der Waals surface area contributed by atoms with E-state index in [9.17, 15) is 4.79 Å². The summed E-state index contributed by atoms with van der Waals surface area (Å²) in [4.78, 5) is 12.8. The lowest BCUT2D eigenvalue weighted by Gasteiger charge is -2.23. The number of nitrogens with one attached hydrogen (secondary N) is 1. The Morgan fingerprint density at radius 2 is 2.16 bits per heavy atom. The van der Waals surface area contributed by atoms with E-state index in [1.165, 1.54) is 30.6 Å². The van der Waals surface area contributed by atoms with E-state index in [4.69, 9.17) is 0 Å². The second-order valence-electron chi connectivity index (χ2n) is 4.88. The maximum Gasteiger partial charge on any atom is 0.266 e. The largest absolute Gasteiger partial charge is 0.306 e. The van der Waals surface area contributed by atoms with Gasteiger partial charge in [-0.25, -0.2) is 4.68 Å². The second kappa shape index (κ2) is 5.57. The first-order chi connectivity index (χ1) is 9.34. The van der Waals surface area contributed by atoms with Crippen molar-refractivity contribution in [3.8, 4) is 0 Å². The van der Waals surface area contributed by atoms with Crippen molar-refractivity contribution in [3.05, 3.63) is 34.7 Å². The number of nitrogens with zero attached hydrogens (tertiary/aromatic N) is 2. The molecule has 1 amide bonds. The topological polar surface area (TPSA) is 46.9 Å². The van der Waals surface area contributed by atoms with Crippen molar-refractivity contribution in [2.75, 3.05) is 5.32 Å². The van der Waals surface area contributed by atoms with Gasteiger partial charge < -0.3 is 5.32 Å². The molecule has 1 N–H and O–H groups in total. The molecule has 3 rings (SSSR count). The monoisotopic (exact) mass is 275 g/mol. The van der Waals surface area contributed by atoms with E-state index in [0.29, 0.717) is 6.04 Å². The van der Waals surface area contributed by atoms with Gasteiger partial charge in [-0.3, -0.25) is 4.79 Å². The van der Waals surface area contributed by atoms with Crippen molar-refractivity contribution >= 4 is 23.1 Å². The molecule has 2 aromatic heterocycles. The molecule has 19 heavy (non-hydrogen) atoms. The van der Waals surface area contributed by atoms with E-state index >= 15 is 0 Å². The fraction of sp³-hybridized carbons (Fsp3) is 0.429. The molecule has 0 saturated heterocycles. The lowest BCUT2D eigenvalue weighted by molar-refractivity contribution is 0.102. The molecule has 0 atom stereocenters. The number of carbonyl (C=O) groups is 1. The predicted octanol–water partition coefficient (Wildman–Crippen LogP) is 3.70. The summed E-state index contributed by atoms with van der Waals surface area (Å²) in [7, 11) is 0. The fourth-order valence-corrected chi connectivity index (χ4v) is 3.23. The van der Waals surface area contributed by atoms with E-state index in [0.717, 1.165) is 23.5 Å². The molecule has 0 radical (unpaired) electrons. The standard InChI is InChI=1S/C14H17N3OS/c18-14(12-7-4-10-19-12)16-13-8-9-15-17(13)11-5-2-1-3-6-11/h4,7-11H,1-3,5-6H2,(H,16,18). The van der Waals surface area contributed by atoms with E-state index < -0.39 is 0 Å².